The molecule has 0 N–H and O–H groups in total. The highest BCUT2D eigenvalue weighted by Crippen LogP contribution is 2.40. The fourth-order valence-electron chi connectivity index (χ4n) is 5.28. The van der Waals surface area contributed by atoms with Gasteiger partial charge in [-0.15, -0.1) is 0 Å². The van der Waals surface area contributed by atoms with Crippen LogP contribution in [0.25, 0.3) is 21.5 Å². The van der Waals surface area contributed by atoms with Crippen LogP contribution in [0.1, 0.15) is 32.6 Å². The van der Waals surface area contributed by atoms with Crippen molar-refractivity contribution in [2.24, 2.45) is 17.8 Å². The number of ether oxygens (including phenoxy) is 2. The van der Waals surface area contributed by atoms with Gasteiger partial charge in [-0.3, -0.25) is 9.59 Å². The molecule has 172 valence electrons. The molecular formula is C30H28O4. The molecule has 4 aromatic rings. The highest BCUT2D eigenvalue weighted by atomic mass is 16.6. The van der Waals surface area contributed by atoms with E-state index in [0.29, 0.717) is 17.4 Å². The molecule has 1 aliphatic rings. The number of carbonyl (C=O) groups is 2. The second kappa shape index (κ2) is 9.68. The average Bonchev–Trinajstić information content (AvgIpc) is 3.32. The van der Waals surface area contributed by atoms with E-state index in [9.17, 15) is 9.59 Å². The molecule has 1 aliphatic carbocycles. The lowest BCUT2D eigenvalue weighted by atomic mass is 9.82. The predicted octanol–water partition coefficient (Wildman–Crippen LogP) is 6.95. The van der Waals surface area contributed by atoms with Crippen LogP contribution in [-0.2, 0) is 9.59 Å². The minimum Gasteiger partial charge on any atom is -0.426 e. The molecule has 4 aromatic carbocycles. The number of esters is 2. The van der Waals surface area contributed by atoms with Gasteiger partial charge in [0.2, 0.25) is 0 Å². The van der Waals surface area contributed by atoms with Crippen molar-refractivity contribution in [3.8, 4) is 11.5 Å². The highest BCUT2D eigenvalue weighted by Gasteiger charge is 2.43. The van der Waals surface area contributed by atoms with Crippen molar-refractivity contribution < 1.29 is 19.1 Å². The topological polar surface area (TPSA) is 52.6 Å². The molecule has 4 nitrogen and oxygen atoms in total. The summed E-state index contributed by atoms with van der Waals surface area (Å²) < 4.78 is 11.6. The van der Waals surface area contributed by atoms with Crippen molar-refractivity contribution >= 4 is 33.5 Å². The van der Waals surface area contributed by atoms with Gasteiger partial charge in [0.15, 0.2) is 5.92 Å². The fourth-order valence-corrected chi connectivity index (χ4v) is 5.28. The Labute approximate surface area is 199 Å². The van der Waals surface area contributed by atoms with Crippen molar-refractivity contribution in [2.75, 3.05) is 0 Å². The molecule has 34 heavy (non-hydrogen) atoms. The van der Waals surface area contributed by atoms with E-state index in [0.717, 1.165) is 47.2 Å². The zero-order valence-corrected chi connectivity index (χ0v) is 19.3. The van der Waals surface area contributed by atoms with E-state index in [1.807, 2.05) is 72.8 Å². The molecule has 1 fully saturated rings. The third-order valence-electron chi connectivity index (χ3n) is 7.06. The molecule has 0 aromatic heterocycles. The zero-order valence-electron chi connectivity index (χ0n) is 19.3. The van der Waals surface area contributed by atoms with Gasteiger partial charge in [0, 0.05) is 0 Å². The lowest BCUT2D eigenvalue weighted by molar-refractivity contribution is -0.154. The summed E-state index contributed by atoms with van der Waals surface area (Å²) in [7, 11) is 0. The number of carbonyl (C=O) groups excluding carboxylic acids is 2. The van der Waals surface area contributed by atoms with Crippen LogP contribution in [0.3, 0.4) is 0 Å². The maximum absolute atomic E-state index is 13.4. The van der Waals surface area contributed by atoms with Crippen molar-refractivity contribution in [1.82, 2.24) is 0 Å². The molecule has 0 amide bonds. The molecule has 0 saturated heterocycles. The lowest BCUT2D eigenvalue weighted by Crippen LogP contribution is -2.38. The first-order valence-corrected chi connectivity index (χ1v) is 12.0. The number of hydrogen-bond donors (Lipinski definition) is 0. The molecule has 0 spiro atoms. The smallest absolute Gasteiger partial charge is 0.326 e. The van der Waals surface area contributed by atoms with E-state index in [1.54, 1.807) is 12.1 Å². The Kier molecular flexibility index (Phi) is 6.31. The van der Waals surface area contributed by atoms with Gasteiger partial charge in [-0.25, -0.2) is 0 Å². The monoisotopic (exact) mass is 452 g/mol. The van der Waals surface area contributed by atoms with Gasteiger partial charge in [-0.1, -0.05) is 86.8 Å². The molecule has 2 unspecified atom stereocenters. The summed E-state index contributed by atoms with van der Waals surface area (Å²) in [5.74, 6) is -0.913. The van der Waals surface area contributed by atoms with Gasteiger partial charge < -0.3 is 9.47 Å². The third kappa shape index (κ3) is 4.54. The van der Waals surface area contributed by atoms with E-state index >= 15 is 0 Å². The van der Waals surface area contributed by atoms with Gasteiger partial charge in [-0.2, -0.15) is 0 Å². The summed E-state index contributed by atoms with van der Waals surface area (Å²) in [6.07, 6.45) is 3.77. The Balaban J connectivity index is 1.41. The Morgan fingerprint density at radius 2 is 1.24 bits per heavy atom. The normalized spacial score (nSPS) is 17.8. The first kappa shape index (κ1) is 22.1. The van der Waals surface area contributed by atoms with Crippen molar-refractivity contribution in [1.29, 1.82) is 0 Å². The van der Waals surface area contributed by atoms with Crippen LogP contribution < -0.4 is 9.47 Å². The molecule has 0 aliphatic heterocycles. The van der Waals surface area contributed by atoms with E-state index in [1.165, 1.54) is 0 Å². The molecule has 1 saturated carbocycles. The summed E-state index contributed by atoms with van der Waals surface area (Å²) in [5, 5.41) is 4.10. The first-order chi connectivity index (χ1) is 16.6. The first-order valence-electron chi connectivity index (χ1n) is 12.0. The minimum absolute atomic E-state index is 0.0779. The Hall–Kier alpha value is -3.66. The minimum atomic E-state index is -0.953. The van der Waals surface area contributed by atoms with Crippen LogP contribution in [0, 0.1) is 17.8 Å². The standard InChI is InChI=1S/C30H28O4/c1-2-20-12-7-13-27(20)28(29(31)33-25-16-14-21-8-3-5-10-23(21)18-25)30(32)34-26-17-15-22-9-4-6-11-24(22)19-26/h3-6,8-11,14-20,27-28H,2,7,12-13H2,1H3. The Bertz CT molecular complexity index is 1250. The van der Waals surface area contributed by atoms with E-state index in [2.05, 4.69) is 6.92 Å². The van der Waals surface area contributed by atoms with Crippen LogP contribution in [0.15, 0.2) is 84.9 Å². The van der Waals surface area contributed by atoms with E-state index < -0.39 is 17.9 Å². The second-order valence-corrected chi connectivity index (χ2v) is 9.10. The fraction of sp³-hybridized carbons (Fsp3) is 0.267. The second-order valence-electron chi connectivity index (χ2n) is 9.10. The molecular weight excluding hydrogens is 424 g/mol. The van der Waals surface area contributed by atoms with Crippen LogP contribution in [-0.4, -0.2) is 11.9 Å². The van der Waals surface area contributed by atoms with Crippen molar-refractivity contribution in [2.45, 2.75) is 32.6 Å². The molecule has 4 heteroatoms. The Morgan fingerprint density at radius 1 is 0.735 bits per heavy atom. The number of fused-ring (bicyclic) bond motifs is 2. The van der Waals surface area contributed by atoms with Gasteiger partial charge >= 0.3 is 11.9 Å². The quantitative estimate of drug-likeness (QED) is 0.180. The predicted molar refractivity (Wildman–Crippen MR) is 134 cm³/mol. The van der Waals surface area contributed by atoms with Crippen LogP contribution in [0.2, 0.25) is 0 Å². The number of hydrogen-bond acceptors (Lipinski definition) is 4. The van der Waals surface area contributed by atoms with Crippen LogP contribution >= 0.6 is 0 Å². The maximum Gasteiger partial charge on any atom is 0.326 e. The van der Waals surface area contributed by atoms with Crippen LogP contribution in [0.5, 0.6) is 11.5 Å². The number of benzene rings is 4. The SMILES string of the molecule is CCC1CCCC1C(C(=O)Oc1ccc2ccccc2c1)C(=O)Oc1ccc2ccccc2c1. The van der Waals surface area contributed by atoms with Crippen LogP contribution in [0.4, 0.5) is 0 Å². The summed E-state index contributed by atoms with van der Waals surface area (Å²) in [6, 6.07) is 26.9. The molecule has 5 rings (SSSR count). The molecule has 2 atom stereocenters. The summed E-state index contributed by atoms with van der Waals surface area (Å²) in [5.41, 5.74) is 0. The molecule has 0 radical (unpaired) electrons. The van der Waals surface area contributed by atoms with Crippen molar-refractivity contribution in [3.63, 3.8) is 0 Å². The Morgan fingerprint density at radius 3 is 1.74 bits per heavy atom. The third-order valence-corrected chi connectivity index (χ3v) is 7.06. The highest BCUT2D eigenvalue weighted by molar-refractivity contribution is 5.98. The maximum atomic E-state index is 13.4. The van der Waals surface area contributed by atoms with Crippen molar-refractivity contribution in [3.05, 3.63) is 84.9 Å². The summed E-state index contributed by atoms with van der Waals surface area (Å²) in [6.45, 7) is 2.11. The summed E-state index contributed by atoms with van der Waals surface area (Å²) in [4.78, 5) is 26.8. The largest absolute Gasteiger partial charge is 0.426 e. The van der Waals surface area contributed by atoms with Gasteiger partial charge in [0.25, 0.3) is 0 Å². The molecule has 0 heterocycles. The average molecular weight is 453 g/mol. The number of rotatable bonds is 6. The summed E-state index contributed by atoms with van der Waals surface area (Å²) >= 11 is 0. The van der Waals surface area contributed by atoms with E-state index in [-0.39, 0.29) is 5.92 Å². The lowest BCUT2D eigenvalue weighted by Gasteiger charge is -2.25. The van der Waals surface area contributed by atoms with Gasteiger partial charge in [-0.05, 0) is 64.1 Å². The zero-order chi connectivity index (χ0) is 23.5. The van der Waals surface area contributed by atoms with Gasteiger partial charge in [0.1, 0.15) is 11.5 Å². The van der Waals surface area contributed by atoms with Gasteiger partial charge in [0.05, 0.1) is 0 Å². The van der Waals surface area contributed by atoms with E-state index in [4.69, 9.17) is 9.47 Å². The molecule has 0 bridgehead atoms.